The zero-order valence-corrected chi connectivity index (χ0v) is 10.9. The summed E-state index contributed by atoms with van der Waals surface area (Å²) in [5.74, 6) is 0. The van der Waals surface area contributed by atoms with Crippen LogP contribution in [0.5, 0.6) is 0 Å². The van der Waals surface area contributed by atoms with Gasteiger partial charge < -0.3 is 10.4 Å². The third-order valence-electron chi connectivity index (χ3n) is 3.89. The maximum Gasteiger partial charge on any atom is 0.0991 e. The lowest BCUT2D eigenvalue weighted by atomic mass is 10.0. The standard InChI is InChI=1S/C15H20N2O/c1-12-8-13(9-16)2-3-14(12)10-17-11-15(4-5-15)6-7-18/h2-3,8,17-18H,4-7,10-11H2,1H3. The van der Waals surface area contributed by atoms with Crippen LogP contribution in [-0.4, -0.2) is 18.3 Å². The maximum absolute atomic E-state index is 9.00. The van der Waals surface area contributed by atoms with E-state index in [2.05, 4.69) is 11.4 Å². The Morgan fingerprint density at radius 2 is 2.22 bits per heavy atom. The average molecular weight is 244 g/mol. The Kier molecular flexibility index (Phi) is 4.00. The van der Waals surface area contributed by atoms with Crippen molar-refractivity contribution in [3.63, 3.8) is 0 Å². The maximum atomic E-state index is 9.00. The van der Waals surface area contributed by atoms with Crippen LogP contribution in [0.2, 0.25) is 0 Å². The summed E-state index contributed by atoms with van der Waals surface area (Å²) in [5.41, 5.74) is 3.48. The summed E-state index contributed by atoms with van der Waals surface area (Å²) in [6.45, 7) is 4.15. The van der Waals surface area contributed by atoms with Crippen molar-refractivity contribution in [1.29, 1.82) is 5.26 Å². The van der Waals surface area contributed by atoms with E-state index < -0.39 is 0 Å². The highest BCUT2D eigenvalue weighted by molar-refractivity contribution is 5.37. The number of hydrogen-bond donors (Lipinski definition) is 2. The minimum atomic E-state index is 0.289. The van der Waals surface area contributed by atoms with Gasteiger partial charge in [-0.3, -0.25) is 0 Å². The van der Waals surface area contributed by atoms with Crippen molar-refractivity contribution in [2.45, 2.75) is 32.7 Å². The van der Waals surface area contributed by atoms with Crippen LogP contribution in [0.1, 0.15) is 36.0 Å². The molecule has 0 amide bonds. The van der Waals surface area contributed by atoms with E-state index in [0.29, 0.717) is 5.41 Å². The van der Waals surface area contributed by atoms with Crippen LogP contribution < -0.4 is 5.32 Å². The van der Waals surface area contributed by atoms with E-state index in [-0.39, 0.29) is 6.61 Å². The van der Waals surface area contributed by atoms with Crippen LogP contribution in [0.3, 0.4) is 0 Å². The second-order valence-electron chi connectivity index (χ2n) is 5.33. The number of nitriles is 1. The van der Waals surface area contributed by atoms with Crippen molar-refractivity contribution in [3.8, 4) is 6.07 Å². The van der Waals surface area contributed by atoms with Gasteiger partial charge in [0.2, 0.25) is 0 Å². The first kappa shape index (κ1) is 13.1. The molecule has 0 bridgehead atoms. The Morgan fingerprint density at radius 3 is 2.78 bits per heavy atom. The van der Waals surface area contributed by atoms with Crippen molar-refractivity contribution < 1.29 is 5.11 Å². The fourth-order valence-electron chi connectivity index (χ4n) is 2.36. The summed E-state index contributed by atoms with van der Waals surface area (Å²) in [6, 6.07) is 7.97. The monoisotopic (exact) mass is 244 g/mol. The molecule has 2 N–H and O–H groups in total. The van der Waals surface area contributed by atoms with Crippen LogP contribution >= 0.6 is 0 Å². The van der Waals surface area contributed by atoms with Crippen LogP contribution in [0.15, 0.2) is 18.2 Å². The first-order valence-corrected chi connectivity index (χ1v) is 6.50. The molecule has 1 aliphatic carbocycles. The number of benzene rings is 1. The van der Waals surface area contributed by atoms with E-state index in [9.17, 15) is 0 Å². The molecule has 1 aromatic rings. The normalized spacial score (nSPS) is 16.3. The Bertz CT molecular complexity index is 458. The third-order valence-corrected chi connectivity index (χ3v) is 3.89. The zero-order chi connectivity index (χ0) is 13.0. The van der Waals surface area contributed by atoms with E-state index >= 15 is 0 Å². The van der Waals surface area contributed by atoms with Gasteiger partial charge in [0.1, 0.15) is 0 Å². The van der Waals surface area contributed by atoms with Crippen LogP contribution in [0.25, 0.3) is 0 Å². The molecular formula is C15H20N2O. The summed E-state index contributed by atoms with van der Waals surface area (Å²) in [7, 11) is 0. The molecule has 0 unspecified atom stereocenters. The summed E-state index contributed by atoms with van der Waals surface area (Å²) in [6.07, 6.45) is 3.37. The molecule has 1 fully saturated rings. The minimum absolute atomic E-state index is 0.289. The molecule has 0 atom stereocenters. The molecular weight excluding hydrogens is 224 g/mol. The molecule has 96 valence electrons. The van der Waals surface area contributed by atoms with Gasteiger partial charge in [-0.25, -0.2) is 0 Å². The molecule has 0 heterocycles. The van der Waals surface area contributed by atoms with Crippen molar-refractivity contribution in [1.82, 2.24) is 5.32 Å². The Balaban J connectivity index is 1.86. The third kappa shape index (κ3) is 3.10. The quantitative estimate of drug-likeness (QED) is 0.806. The lowest BCUT2D eigenvalue weighted by molar-refractivity contribution is 0.245. The molecule has 0 aromatic heterocycles. The topological polar surface area (TPSA) is 56.0 Å². The van der Waals surface area contributed by atoms with Gasteiger partial charge in [0.05, 0.1) is 11.6 Å². The SMILES string of the molecule is Cc1cc(C#N)ccc1CNCC1(CCO)CC1. The molecule has 1 aromatic carbocycles. The van der Waals surface area contributed by atoms with Gasteiger partial charge in [0.15, 0.2) is 0 Å². The molecule has 3 nitrogen and oxygen atoms in total. The van der Waals surface area contributed by atoms with Crippen LogP contribution in [0, 0.1) is 23.7 Å². The van der Waals surface area contributed by atoms with E-state index in [1.807, 2.05) is 25.1 Å². The minimum Gasteiger partial charge on any atom is -0.396 e. The number of nitrogens with zero attached hydrogens (tertiary/aromatic N) is 1. The van der Waals surface area contributed by atoms with Gasteiger partial charge in [0, 0.05) is 19.7 Å². The fraction of sp³-hybridized carbons (Fsp3) is 0.533. The van der Waals surface area contributed by atoms with E-state index in [4.69, 9.17) is 10.4 Å². The van der Waals surface area contributed by atoms with Crippen molar-refractivity contribution in [2.24, 2.45) is 5.41 Å². The Hall–Kier alpha value is -1.37. The van der Waals surface area contributed by atoms with E-state index in [0.717, 1.165) is 30.6 Å². The summed E-state index contributed by atoms with van der Waals surface area (Å²) in [4.78, 5) is 0. The van der Waals surface area contributed by atoms with Gasteiger partial charge in [-0.2, -0.15) is 5.26 Å². The highest BCUT2D eigenvalue weighted by Gasteiger charge is 2.41. The number of hydrogen-bond acceptors (Lipinski definition) is 3. The van der Waals surface area contributed by atoms with Crippen molar-refractivity contribution >= 4 is 0 Å². The molecule has 3 heteroatoms. The van der Waals surface area contributed by atoms with Crippen LogP contribution in [-0.2, 0) is 6.54 Å². The Labute approximate surface area is 108 Å². The molecule has 18 heavy (non-hydrogen) atoms. The van der Waals surface area contributed by atoms with Gasteiger partial charge in [0.25, 0.3) is 0 Å². The summed E-state index contributed by atoms with van der Waals surface area (Å²) in [5, 5.41) is 21.3. The van der Waals surface area contributed by atoms with Gasteiger partial charge in [-0.1, -0.05) is 6.07 Å². The second-order valence-corrected chi connectivity index (χ2v) is 5.33. The molecule has 2 rings (SSSR count). The number of aliphatic hydroxyl groups is 1. The van der Waals surface area contributed by atoms with Gasteiger partial charge in [-0.15, -0.1) is 0 Å². The largest absolute Gasteiger partial charge is 0.396 e. The molecule has 0 radical (unpaired) electrons. The van der Waals surface area contributed by atoms with E-state index in [1.165, 1.54) is 18.4 Å². The highest BCUT2D eigenvalue weighted by atomic mass is 16.3. The first-order chi connectivity index (χ1) is 8.69. The molecule has 1 saturated carbocycles. The zero-order valence-electron chi connectivity index (χ0n) is 10.9. The molecule has 0 saturated heterocycles. The lowest BCUT2D eigenvalue weighted by Crippen LogP contribution is -2.24. The predicted molar refractivity (Wildman–Crippen MR) is 71.0 cm³/mol. The smallest absolute Gasteiger partial charge is 0.0991 e. The first-order valence-electron chi connectivity index (χ1n) is 6.50. The Morgan fingerprint density at radius 1 is 1.44 bits per heavy atom. The van der Waals surface area contributed by atoms with Crippen molar-refractivity contribution in [2.75, 3.05) is 13.2 Å². The van der Waals surface area contributed by atoms with Gasteiger partial charge >= 0.3 is 0 Å². The fourth-order valence-corrected chi connectivity index (χ4v) is 2.36. The molecule has 0 spiro atoms. The molecule has 0 aliphatic heterocycles. The second kappa shape index (κ2) is 5.51. The highest BCUT2D eigenvalue weighted by Crippen LogP contribution is 2.47. The predicted octanol–water partition coefficient (Wildman–Crippen LogP) is 2.12. The summed E-state index contributed by atoms with van der Waals surface area (Å²) < 4.78 is 0. The lowest BCUT2D eigenvalue weighted by Gasteiger charge is -2.15. The average Bonchev–Trinajstić information content (AvgIpc) is 3.12. The number of aryl methyl sites for hydroxylation is 1. The van der Waals surface area contributed by atoms with Gasteiger partial charge in [-0.05, 0) is 54.9 Å². The number of nitrogens with one attached hydrogen (secondary N) is 1. The number of rotatable bonds is 6. The van der Waals surface area contributed by atoms with E-state index in [1.54, 1.807) is 0 Å². The van der Waals surface area contributed by atoms with Crippen molar-refractivity contribution in [3.05, 3.63) is 34.9 Å². The number of aliphatic hydroxyl groups excluding tert-OH is 1. The summed E-state index contributed by atoms with van der Waals surface area (Å²) >= 11 is 0. The molecule has 1 aliphatic rings. The van der Waals surface area contributed by atoms with Crippen LogP contribution in [0.4, 0.5) is 0 Å².